The van der Waals surface area contributed by atoms with Crippen LogP contribution in [0.5, 0.6) is 0 Å². The Bertz CT molecular complexity index is 249. The average Bonchev–Trinajstić information content (AvgIpc) is 2.23. The first kappa shape index (κ1) is 16.0. The molecular formula is C12H24O4Si. The number of carbonyl (C=O) groups excluding carboxylic acids is 1. The van der Waals surface area contributed by atoms with Gasteiger partial charge in [-0.1, -0.05) is 6.04 Å². The Hall–Kier alpha value is -0.973. The molecule has 5 heteroatoms. The van der Waals surface area contributed by atoms with Crippen molar-refractivity contribution in [3.8, 4) is 0 Å². The topological polar surface area (TPSA) is 44.8 Å². The molecule has 0 aliphatic carbocycles. The van der Waals surface area contributed by atoms with Crippen molar-refractivity contribution in [3.05, 3.63) is 12.0 Å². The number of carbonyl (C=O) groups is 1. The molecule has 17 heavy (non-hydrogen) atoms. The quantitative estimate of drug-likeness (QED) is 0.217. The molecule has 0 saturated heterocycles. The molecule has 0 aromatic rings. The van der Waals surface area contributed by atoms with Gasteiger partial charge in [0.25, 0.3) is 0 Å². The smallest absolute Gasteiger partial charge is 0.376 e. The Kier molecular flexibility index (Phi) is 8.58. The van der Waals surface area contributed by atoms with Crippen molar-refractivity contribution in [1.82, 2.24) is 0 Å². The van der Waals surface area contributed by atoms with Gasteiger partial charge in [0.2, 0.25) is 5.76 Å². The van der Waals surface area contributed by atoms with Crippen molar-refractivity contribution in [2.75, 3.05) is 6.61 Å². The number of hydrogen-bond acceptors (Lipinski definition) is 4. The Labute approximate surface area is 107 Å². The maximum Gasteiger partial charge on any atom is 0.376 e. The number of esters is 1. The van der Waals surface area contributed by atoms with Gasteiger partial charge in [-0.2, -0.15) is 0 Å². The molecule has 0 radical (unpaired) electrons. The zero-order chi connectivity index (χ0) is 13.3. The first-order valence-corrected chi connectivity index (χ1v) is 7.58. The second-order valence-electron chi connectivity index (χ2n) is 4.32. The maximum absolute atomic E-state index is 11.7. The minimum Gasteiger partial charge on any atom is -0.494 e. The van der Waals surface area contributed by atoms with E-state index in [-0.39, 0.29) is 18.0 Å². The van der Waals surface area contributed by atoms with Crippen LogP contribution in [-0.2, 0) is 19.0 Å². The molecule has 0 amide bonds. The molecule has 0 aliphatic heterocycles. The highest BCUT2D eigenvalue weighted by atomic mass is 28.1. The summed E-state index contributed by atoms with van der Waals surface area (Å²) in [5.74, 6) is -0.309. The van der Waals surface area contributed by atoms with Crippen molar-refractivity contribution in [2.45, 2.75) is 52.4 Å². The minimum absolute atomic E-state index is 0.00945. The van der Waals surface area contributed by atoms with Crippen LogP contribution in [0.4, 0.5) is 0 Å². The average molecular weight is 260 g/mol. The fourth-order valence-electron chi connectivity index (χ4n) is 0.956. The summed E-state index contributed by atoms with van der Waals surface area (Å²) >= 11 is 0. The third kappa shape index (κ3) is 8.80. The normalized spacial score (nSPS) is 12.0. The lowest BCUT2D eigenvalue weighted by Crippen LogP contribution is -2.16. The van der Waals surface area contributed by atoms with E-state index in [0.717, 1.165) is 22.7 Å². The molecule has 0 spiro atoms. The summed E-state index contributed by atoms with van der Waals surface area (Å²) in [5, 5.41) is 0. The fraction of sp³-hybridized carbons (Fsp3) is 0.750. The van der Waals surface area contributed by atoms with Gasteiger partial charge in [-0.3, -0.25) is 0 Å². The molecule has 0 aromatic carbocycles. The highest BCUT2D eigenvalue weighted by Crippen LogP contribution is 2.07. The molecule has 100 valence electrons. The highest BCUT2D eigenvalue weighted by Gasteiger charge is 2.15. The predicted molar refractivity (Wildman–Crippen MR) is 70.8 cm³/mol. The van der Waals surface area contributed by atoms with Crippen LogP contribution in [0.3, 0.4) is 0 Å². The molecule has 0 aliphatic rings. The van der Waals surface area contributed by atoms with E-state index in [1.54, 1.807) is 0 Å². The Balaban J connectivity index is 4.34. The number of hydrogen-bond donors (Lipinski definition) is 0. The maximum atomic E-state index is 11.7. The summed E-state index contributed by atoms with van der Waals surface area (Å²) in [6.07, 6.45) is 2.18. The summed E-state index contributed by atoms with van der Waals surface area (Å²) < 4.78 is 15.7. The largest absolute Gasteiger partial charge is 0.494 e. The molecule has 0 bridgehead atoms. The first-order valence-electron chi connectivity index (χ1n) is 6.16. The van der Waals surface area contributed by atoms with E-state index in [1.165, 1.54) is 6.26 Å². The van der Waals surface area contributed by atoms with E-state index in [2.05, 4.69) is 0 Å². The van der Waals surface area contributed by atoms with Crippen molar-refractivity contribution in [2.24, 2.45) is 0 Å². The van der Waals surface area contributed by atoms with Gasteiger partial charge >= 0.3 is 5.97 Å². The monoisotopic (exact) mass is 260 g/mol. The van der Waals surface area contributed by atoms with Crippen LogP contribution in [0.2, 0.25) is 6.04 Å². The molecule has 4 nitrogen and oxygen atoms in total. The third-order valence-corrected chi connectivity index (χ3v) is 2.45. The van der Waals surface area contributed by atoms with Crippen molar-refractivity contribution in [1.29, 1.82) is 0 Å². The zero-order valence-corrected chi connectivity index (χ0v) is 13.5. The zero-order valence-electron chi connectivity index (χ0n) is 11.5. The summed E-state index contributed by atoms with van der Waals surface area (Å²) in [4.78, 5) is 11.7. The second kappa shape index (κ2) is 9.10. The van der Waals surface area contributed by atoms with Gasteiger partial charge in [-0.25, -0.2) is 4.79 Å². The first-order chi connectivity index (χ1) is 7.97. The Morgan fingerprint density at radius 3 is 2.35 bits per heavy atom. The van der Waals surface area contributed by atoms with Gasteiger partial charge in [0.05, 0.1) is 18.8 Å². The Morgan fingerprint density at radius 2 is 1.88 bits per heavy atom. The van der Waals surface area contributed by atoms with Crippen molar-refractivity contribution >= 4 is 16.2 Å². The number of ether oxygens (including phenoxy) is 3. The van der Waals surface area contributed by atoms with Crippen LogP contribution in [0.25, 0.3) is 0 Å². The van der Waals surface area contributed by atoms with Gasteiger partial charge in [0.15, 0.2) is 0 Å². The Morgan fingerprint density at radius 1 is 1.24 bits per heavy atom. The van der Waals surface area contributed by atoms with Crippen LogP contribution in [0.15, 0.2) is 12.0 Å². The minimum atomic E-state index is -0.450. The second-order valence-corrected chi connectivity index (χ2v) is 5.32. The summed E-state index contributed by atoms with van der Waals surface area (Å²) in [7, 11) is 1.13. The molecule has 0 heterocycles. The van der Waals surface area contributed by atoms with Crippen LogP contribution in [0, 0.1) is 0 Å². The van der Waals surface area contributed by atoms with Crippen LogP contribution >= 0.6 is 0 Å². The van der Waals surface area contributed by atoms with Gasteiger partial charge in [0, 0.05) is 10.2 Å². The summed E-state index contributed by atoms with van der Waals surface area (Å²) in [5.41, 5.74) is 0. The molecule has 0 atom stereocenters. The van der Waals surface area contributed by atoms with Crippen LogP contribution in [-0.4, -0.2) is 35.0 Å². The predicted octanol–water partition coefficient (Wildman–Crippen LogP) is 1.39. The molecule has 0 rings (SSSR count). The van der Waals surface area contributed by atoms with Gasteiger partial charge in [-0.15, -0.1) is 0 Å². The summed E-state index contributed by atoms with van der Waals surface area (Å²) in [6.45, 7) is 7.93. The third-order valence-electron chi connectivity index (χ3n) is 1.74. The van der Waals surface area contributed by atoms with Gasteiger partial charge in [0.1, 0.15) is 6.26 Å². The standard InChI is InChI=1S/C12H24O4Si/c1-9(2)15-8-11(16-10(3)4)12(13)14-6-5-7-17/h8-10H,5-7H2,1-4,17H3. The molecule has 0 N–H and O–H groups in total. The molecular weight excluding hydrogens is 236 g/mol. The fourth-order valence-corrected chi connectivity index (χ4v) is 1.24. The summed E-state index contributed by atoms with van der Waals surface area (Å²) in [6, 6.07) is 1.12. The van der Waals surface area contributed by atoms with Crippen LogP contribution in [0.1, 0.15) is 34.1 Å². The lowest BCUT2D eigenvalue weighted by atomic mass is 10.4. The molecule has 0 fully saturated rings. The molecule has 0 saturated carbocycles. The van der Waals surface area contributed by atoms with Crippen molar-refractivity contribution in [3.63, 3.8) is 0 Å². The van der Waals surface area contributed by atoms with E-state index in [1.807, 2.05) is 27.7 Å². The van der Waals surface area contributed by atoms with Crippen LogP contribution < -0.4 is 0 Å². The van der Waals surface area contributed by atoms with Gasteiger partial charge < -0.3 is 14.2 Å². The molecule has 0 unspecified atom stereocenters. The van der Waals surface area contributed by atoms with E-state index in [4.69, 9.17) is 14.2 Å². The number of rotatable bonds is 8. The lowest BCUT2D eigenvalue weighted by Gasteiger charge is -2.14. The SMILES string of the molecule is CC(C)OC=C(OC(C)C)C(=O)OCCC[SiH3]. The van der Waals surface area contributed by atoms with Crippen molar-refractivity contribution < 1.29 is 19.0 Å². The van der Waals surface area contributed by atoms with Gasteiger partial charge in [-0.05, 0) is 34.1 Å². The van der Waals surface area contributed by atoms with E-state index in [9.17, 15) is 4.79 Å². The van der Waals surface area contributed by atoms with E-state index < -0.39 is 5.97 Å². The molecule has 0 aromatic heterocycles. The lowest BCUT2D eigenvalue weighted by molar-refractivity contribution is -0.144. The van der Waals surface area contributed by atoms with E-state index >= 15 is 0 Å². The van der Waals surface area contributed by atoms with E-state index in [0.29, 0.717) is 6.61 Å². The highest BCUT2D eigenvalue weighted by molar-refractivity contribution is 6.08.